The molecule has 1 aliphatic rings. The number of fused-ring (bicyclic) bond motifs is 1. The van der Waals surface area contributed by atoms with E-state index in [-0.39, 0.29) is 25.0 Å². The molecule has 0 unspecified atom stereocenters. The van der Waals surface area contributed by atoms with Crippen LogP contribution in [0.2, 0.25) is 5.02 Å². The summed E-state index contributed by atoms with van der Waals surface area (Å²) in [4.78, 5) is 23.5. The van der Waals surface area contributed by atoms with Gasteiger partial charge in [0.15, 0.2) is 19.0 Å². The zero-order chi connectivity index (χ0) is 17.1. The van der Waals surface area contributed by atoms with Gasteiger partial charge in [-0.2, -0.15) is 0 Å². The molecule has 2 N–H and O–H groups in total. The van der Waals surface area contributed by atoms with E-state index in [1.165, 1.54) is 0 Å². The number of halogens is 1. The second kappa shape index (κ2) is 6.80. The van der Waals surface area contributed by atoms with E-state index >= 15 is 0 Å². The fourth-order valence-corrected chi connectivity index (χ4v) is 2.43. The third kappa shape index (κ3) is 3.78. The number of benzene rings is 2. The largest absolute Gasteiger partial charge is 0.484 e. The molecule has 0 fully saturated rings. The highest BCUT2D eigenvalue weighted by Crippen LogP contribution is 2.36. The lowest BCUT2D eigenvalue weighted by Gasteiger charge is -2.21. The van der Waals surface area contributed by atoms with Crippen LogP contribution >= 0.6 is 11.6 Å². The first kappa shape index (κ1) is 16.1. The second-order valence-electron chi connectivity index (χ2n) is 5.32. The van der Waals surface area contributed by atoms with Crippen molar-refractivity contribution in [1.29, 1.82) is 0 Å². The molecule has 0 radical (unpaired) electrons. The Morgan fingerprint density at radius 2 is 2.08 bits per heavy atom. The van der Waals surface area contributed by atoms with Gasteiger partial charge in [-0.25, -0.2) is 0 Å². The Labute approximate surface area is 143 Å². The summed E-state index contributed by atoms with van der Waals surface area (Å²) in [7, 11) is 0. The van der Waals surface area contributed by atoms with Crippen LogP contribution in [0.5, 0.6) is 11.5 Å². The summed E-state index contributed by atoms with van der Waals surface area (Å²) in [5, 5.41) is 6.05. The normalized spacial score (nSPS) is 12.7. The van der Waals surface area contributed by atoms with Crippen molar-refractivity contribution in [2.24, 2.45) is 0 Å². The van der Waals surface area contributed by atoms with Crippen LogP contribution in [-0.2, 0) is 9.59 Å². The SMILES string of the molecule is Cc1cc(NC(=O)COc2ccc(Cl)cc2)c2c(c1)NC(=O)CO2. The van der Waals surface area contributed by atoms with E-state index in [2.05, 4.69) is 10.6 Å². The Hall–Kier alpha value is -2.73. The first-order chi connectivity index (χ1) is 11.5. The molecule has 3 rings (SSSR count). The van der Waals surface area contributed by atoms with Crippen molar-refractivity contribution >= 4 is 34.8 Å². The second-order valence-corrected chi connectivity index (χ2v) is 5.75. The Balaban J connectivity index is 1.68. The maximum absolute atomic E-state index is 12.1. The molecule has 0 spiro atoms. The minimum Gasteiger partial charge on any atom is -0.484 e. The lowest BCUT2D eigenvalue weighted by Crippen LogP contribution is -2.27. The third-order valence-corrected chi connectivity index (χ3v) is 3.56. The molecule has 1 aliphatic heterocycles. The summed E-state index contributed by atoms with van der Waals surface area (Å²) in [6.45, 7) is 1.62. The van der Waals surface area contributed by atoms with Gasteiger partial charge < -0.3 is 20.1 Å². The summed E-state index contributed by atoms with van der Waals surface area (Å²) in [5.41, 5.74) is 1.92. The van der Waals surface area contributed by atoms with E-state index in [1.807, 2.05) is 6.92 Å². The van der Waals surface area contributed by atoms with Crippen molar-refractivity contribution in [3.05, 3.63) is 47.0 Å². The topological polar surface area (TPSA) is 76.7 Å². The lowest BCUT2D eigenvalue weighted by atomic mass is 10.1. The molecule has 6 nitrogen and oxygen atoms in total. The molecule has 0 saturated heterocycles. The number of aryl methyl sites for hydroxylation is 1. The molecular formula is C17H15ClN2O4. The molecular weight excluding hydrogens is 332 g/mol. The zero-order valence-corrected chi connectivity index (χ0v) is 13.6. The Kier molecular flexibility index (Phi) is 4.57. The van der Waals surface area contributed by atoms with Gasteiger partial charge in [0, 0.05) is 5.02 Å². The fraction of sp³-hybridized carbons (Fsp3) is 0.176. The van der Waals surface area contributed by atoms with Gasteiger partial charge in [-0.3, -0.25) is 9.59 Å². The maximum atomic E-state index is 12.1. The number of rotatable bonds is 4. The number of carbonyl (C=O) groups excluding carboxylic acids is 2. The highest BCUT2D eigenvalue weighted by Gasteiger charge is 2.21. The first-order valence-corrected chi connectivity index (χ1v) is 7.64. The van der Waals surface area contributed by atoms with Gasteiger partial charge >= 0.3 is 0 Å². The van der Waals surface area contributed by atoms with Crippen LogP contribution in [0.1, 0.15) is 5.56 Å². The maximum Gasteiger partial charge on any atom is 0.262 e. The van der Waals surface area contributed by atoms with E-state index in [0.717, 1.165) is 5.56 Å². The van der Waals surface area contributed by atoms with Gasteiger partial charge in [-0.1, -0.05) is 11.6 Å². The zero-order valence-electron chi connectivity index (χ0n) is 12.9. The van der Waals surface area contributed by atoms with Crippen molar-refractivity contribution in [2.45, 2.75) is 6.92 Å². The quantitative estimate of drug-likeness (QED) is 0.892. The van der Waals surface area contributed by atoms with Crippen LogP contribution in [0.3, 0.4) is 0 Å². The fourth-order valence-electron chi connectivity index (χ4n) is 2.30. The van der Waals surface area contributed by atoms with Gasteiger partial charge in [0.05, 0.1) is 11.4 Å². The molecule has 0 atom stereocenters. The van der Waals surface area contributed by atoms with E-state index in [1.54, 1.807) is 36.4 Å². The minimum atomic E-state index is -0.335. The smallest absolute Gasteiger partial charge is 0.262 e. The van der Waals surface area contributed by atoms with Crippen LogP contribution < -0.4 is 20.1 Å². The molecule has 0 saturated carbocycles. The monoisotopic (exact) mass is 346 g/mol. The number of anilines is 2. The van der Waals surface area contributed by atoms with Crippen molar-refractivity contribution in [3.63, 3.8) is 0 Å². The van der Waals surface area contributed by atoms with Crippen molar-refractivity contribution < 1.29 is 19.1 Å². The molecule has 0 aromatic heterocycles. The predicted molar refractivity (Wildman–Crippen MR) is 90.9 cm³/mol. The number of amides is 2. The highest BCUT2D eigenvalue weighted by atomic mass is 35.5. The average molecular weight is 347 g/mol. The van der Waals surface area contributed by atoms with Gasteiger partial charge in [0.25, 0.3) is 11.8 Å². The van der Waals surface area contributed by atoms with Crippen LogP contribution in [0.4, 0.5) is 11.4 Å². The molecule has 124 valence electrons. The summed E-state index contributed by atoms with van der Waals surface area (Å²) in [6.07, 6.45) is 0. The highest BCUT2D eigenvalue weighted by molar-refractivity contribution is 6.30. The predicted octanol–water partition coefficient (Wildman–Crippen LogP) is 3.00. The molecule has 2 aromatic carbocycles. The van der Waals surface area contributed by atoms with Crippen LogP contribution in [-0.4, -0.2) is 25.0 Å². The van der Waals surface area contributed by atoms with E-state index in [9.17, 15) is 9.59 Å². The average Bonchev–Trinajstić information content (AvgIpc) is 2.53. The number of hydrogen-bond donors (Lipinski definition) is 2. The number of nitrogens with one attached hydrogen (secondary N) is 2. The van der Waals surface area contributed by atoms with Gasteiger partial charge in [-0.15, -0.1) is 0 Å². The number of hydrogen-bond acceptors (Lipinski definition) is 4. The summed E-state index contributed by atoms with van der Waals surface area (Å²) >= 11 is 5.80. The summed E-state index contributed by atoms with van der Waals surface area (Å²) < 4.78 is 10.8. The van der Waals surface area contributed by atoms with Gasteiger partial charge in [0.2, 0.25) is 0 Å². The van der Waals surface area contributed by atoms with Crippen molar-refractivity contribution in [3.8, 4) is 11.5 Å². The Morgan fingerprint density at radius 1 is 1.33 bits per heavy atom. The lowest BCUT2D eigenvalue weighted by molar-refractivity contribution is -0.118. The molecule has 0 bridgehead atoms. The van der Waals surface area contributed by atoms with Gasteiger partial charge in [0.1, 0.15) is 5.75 Å². The van der Waals surface area contributed by atoms with Crippen LogP contribution in [0.25, 0.3) is 0 Å². The molecule has 0 aliphatic carbocycles. The van der Waals surface area contributed by atoms with E-state index in [4.69, 9.17) is 21.1 Å². The Morgan fingerprint density at radius 3 is 2.83 bits per heavy atom. The van der Waals surface area contributed by atoms with Crippen molar-refractivity contribution in [1.82, 2.24) is 0 Å². The van der Waals surface area contributed by atoms with Crippen LogP contribution in [0.15, 0.2) is 36.4 Å². The molecule has 7 heteroatoms. The van der Waals surface area contributed by atoms with Crippen LogP contribution in [0, 0.1) is 6.92 Å². The van der Waals surface area contributed by atoms with Crippen molar-refractivity contribution in [2.75, 3.05) is 23.8 Å². The number of carbonyl (C=O) groups is 2. The molecule has 2 amide bonds. The summed E-state index contributed by atoms with van der Waals surface area (Å²) in [6, 6.07) is 10.3. The third-order valence-electron chi connectivity index (χ3n) is 3.31. The van der Waals surface area contributed by atoms with Gasteiger partial charge in [-0.05, 0) is 48.9 Å². The Bertz CT molecular complexity index is 790. The van der Waals surface area contributed by atoms with E-state index in [0.29, 0.717) is 27.9 Å². The molecule has 1 heterocycles. The first-order valence-electron chi connectivity index (χ1n) is 7.27. The summed E-state index contributed by atoms with van der Waals surface area (Å²) in [5.74, 6) is 0.430. The van der Waals surface area contributed by atoms with E-state index < -0.39 is 0 Å². The molecule has 24 heavy (non-hydrogen) atoms. The molecule has 2 aromatic rings. The number of ether oxygens (including phenoxy) is 2. The standard InChI is InChI=1S/C17H15ClN2O4/c1-10-6-13(17-14(7-10)20-16(22)9-24-17)19-15(21)8-23-12-4-2-11(18)3-5-12/h2-7H,8-9H2,1H3,(H,19,21)(H,20,22). The minimum absolute atomic E-state index is 0.0831.